The number of aliphatic hydroxyl groups excluding tert-OH is 1. The first kappa shape index (κ1) is 19.1. The summed E-state index contributed by atoms with van der Waals surface area (Å²) in [5.74, 6) is 0. The standard InChI is InChI=1S/C23H22Cl2N2O/c1-14-7-15(2)9-18(8-14)26-12-19(28)13-27-22-5-3-16(24)10-20(22)21-11-17(25)4-6-23(21)27/h3-11,19,26,28H,12-13H2,1-2H3/t19-/m1/s1. The number of benzene rings is 3. The van der Waals surface area contributed by atoms with Crippen LogP contribution in [0.4, 0.5) is 5.69 Å². The van der Waals surface area contributed by atoms with Gasteiger partial charge in [0.05, 0.1) is 12.6 Å². The lowest BCUT2D eigenvalue weighted by Crippen LogP contribution is -2.24. The maximum absolute atomic E-state index is 10.7. The van der Waals surface area contributed by atoms with Crippen molar-refractivity contribution in [2.24, 2.45) is 0 Å². The Morgan fingerprint density at radius 1 is 0.857 bits per heavy atom. The van der Waals surface area contributed by atoms with Crippen molar-refractivity contribution in [1.82, 2.24) is 4.57 Å². The number of fused-ring (bicyclic) bond motifs is 3. The molecular weight excluding hydrogens is 391 g/mol. The molecule has 0 saturated carbocycles. The van der Waals surface area contributed by atoms with Crippen LogP contribution in [0, 0.1) is 13.8 Å². The van der Waals surface area contributed by atoms with Crippen LogP contribution >= 0.6 is 23.2 Å². The molecule has 4 aromatic rings. The molecule has 1 atom stereocenters. The summed E-state index contributed by atoms with van der Waals surface area (Å²) < 4.78 is 2.13. The number of nitrogens with one attached hydrogen (secondary N) is 1. The highest BCUT2D eigenvalue weighted by Crippen LogP contribution is 2.33. The monoisotopic (exact) mass is 412 g/mol. The van der Waals surface area contributed by atoms with Crippen molar-refractivity contribution < 1.29 is 5.11 Å². The van der Waals surface area contributed by atoms with Crippen molar-refractivity contribution in [3.8, 4) is 0 Å². The number of anilines is 1. The average Bonchev–Trinajstić information content (AvgIpc) is 2.92. The zero-order valence-electron chi connectivity index (χ0n) is 15.8. The van der Waals surface area contributed by atoms with E-state index in [1.54, 1.807) is 0 Å². The van der Waals surface area contributed by atoms with Gasteiger partial charge >= 0.3 is 0 Å². The number of aryl methyl sites for hydroxylation is 2. The number of rotatable bonds is 5. The first-order chi connectivity index (χ1) is 13.4. The average molecular weight is 413 g/mol. The minimum absolute atomic E-state index is 0.464. The van der Waals surface area contributed by atoms with Gasteiger partial charge in [0.25, 0.3) is 0 Å². The Morgan fingerprint density at radius 3 is 1.93 bits per heavy atom. The first-order valence-electron chi connectivity index (χ1n) is 9.28. The maximum atomic E-state index is 10.7. The Bertz CT molecular complexity index is 1090. The van der Waals surface area contributed by atoms with Crippen molar-refractivity contribution in [3.63, 3.8) is 0 Å². The summed E-state index contributed by atoms with van der Waals surface area (Å²) in [5.41, 5.74) is 5.50. The molecule has 28 heavy (non-hydrogen) atoms. The molecule has 0 bridgehead atoms. The minimum Gasteiger partial charge on any atom is -0.389 e. The Labute approximate surface area is 174 Å². The van der Waals surface area contributed by atoms with Crippen LogP contribution in [0.3, 0.4) is 0 Å². The number of hydrogen-bond acceptors (Lipinski definition) is 2. The summed E-state index contributed by atoms with van der Waals surface area (Å²) in [7, 11) is 0. The van der Waals surface area contributed by atoms with E-state index in [4.69, 9.17) is 23.2 Å². The predicted octanol–water partition coefficient (Wildman–Crippen LogP) is 6.19. The largest absolute Gasteiger partial charge is 0.389 e. The van der Waals surface area contributed by atoms with E-state index in [1.807, 2.05) is 36.4 Å². The van der Waals surface area contributed by atoms with Gasteiger partial charge in [-0.2, -0.15) is 0 Å². The van der Waals surface area contributed by atoms with Gasteiger partial charge in [0, 0.05) is 44.1 Å². The molecule has 3 nitrogen and oxygen atoms in total. The Morgan fingerprint density at radius 2 is 1.39 bits per heavy atom. The van der Waals surface area contributed by atoms with E-state index >= 15 is 0 Å². The van der Waals surface area contributed by atoms with Crippen molar-refractivity contribution in [2.45, 2.75) is 26.5 Å². The molecule has 0 aliphatic rings. The molecule has 4 rings (SSSR count). The molecule has 2 N–H and O–H groups in total. The van der Waals surface area contributed by atoms with Crippen LogP contribution in [0.15, 0.2) is 54.6 Å². The fraction of sp³-hybridized carbons (Fsp3) is 0.217. The predicted molar refractivity (Wildman–Crippen MR) is 120 cm³/mol. The minimum atomic E-state index is -0.550. The Balaban J connectivity index is 1.63. The van der Waals surface area contributed by atoms with E-state index < -0.39 is 6.10 Å². The van der Waals surface area contributed by atoms with Gasteiger partial charge in [0.15, 0.2) is 0 Å². The van der Waals surface area contributed by atoms with E-state index in [-0.39, 0.29) is 0 Å². The lowest BCUT2D eigenvalue weighted by molar-refractivity contribution is 0.169. The van der Waals surface area contributed by atoms with E-state index in [9.17, 15) is 5.11 Å². The topological polar surface area (TPSA) is 37.2 Å². The molecule has 0 fully saturated rings. The van der Waals surface area contributed by atoms with Gasteiger partial charge in [-0.3, -0.25) is 0 Å². The molecule has 3 aromatic carbocycles. The Kier molecular flexibility index (Phi) is 5.24. The molecule has 0 aliphatic heterocycles. The number of aromatic nitrogens is 1. The molecule has 0 spiro atoms. The third-order valence-electron chi connectivity index (χ3n) is 4.95. The number of aliphatic hydroxyl groups is 1. The molecular formula is C23H22Cl2N2O. The van der Waals surface area contributed by atoms with Gasteiger partial charge in [0.1, 0.15) is 0 Å². The van der Waals surface area contributed by atoms with Crippen LogP contribution in [0.5, 0.6) is 0 Å². The second-order valence-corrected chi connectivity index (χ2v) is 8.22. The van der Waals surface area contributed by atoms with Crippen molar-refractivity contribution >= 4 is 50.7 Å². The quantitative estimate of drug-likeness (QED) is 0.409. The molecule has 0 saturated heterocycles. The Hall–Kier alpha value is -2.20. The molecule has 0 aliphatic carbocycles. The van der Waals surface area contributed by atoms with Crippen LogP contribution in [0.1, 0.15) is 11.1 Å². The van der Waals surface area contributed by atoms with Crippen LogP contribution in [0.2, 0.25) is 10.0 Å². The zero-order chi connectivity index (χ0) is 19.8. The smallest absolute Gasteiger partial charge is 0.0891 e. The summed E-state index contributed by atoms with van der Waals surface area (Å²) in [4.78, 5) is 0. The van der Waals surface area contributed by atoms with Gasteiger partial charge in [-0.05, 0) is 73.5 Å². The SMILES string of the molecule is Cc1cc(C)cc(NC[C@@H](O)Cn2c3ccc(Cl)cc3c3cc(Cl)ccc32)c1. The summed E-state index contributed by atoms with van der Waals surface area (Å²) in [6.45, 7) is 5.08. The van der Waals surface area contributed by atoms with Crippen LogP contribution in [-0.4, -0.2) is 22.3 Å². The van der Waals surface area contributed by atoms with Gasteiger partial charge in [-0.25, -0.2) is 0 Å². The summed E-state index contributed by atoms with van der Waals surface area (Å²) in [5, 5.41) is 17.5. The molecule has 1 aromatic heterocycles. The summed E-state index contributed by atoms with van der Waals surface area (Å²) >= 11 is 12.4. The molecule has 0 unspecified atom stereocenters. The summed E-state index contributed by atoms with van der Waals surface area (Å²) in [6.07, 6.45) is -0.550. The maximum Gasteiger partial charge on any atom is 0.0891 e. The number of nitrogens with zero attached hydrogens (tertiary/aromatic N) is 1. The van der Waals surface area contributed by atoms with Crippen molar-refractivity contribution in [2.75, 3.05) is 11.9 Å². The van der Waals surface area contributed by atoms with Gasteiger partial charge in [-0.15, -0.1) is 0 Å². The third kappa shape index (κ3) is 3.83. The van der Waals surface area contributed by atoms with Crippen LogP contribution in [-0.2, 0) is 6.54 Å². The fourth-order valence-corrected chi connectivity index (χ4v) is 4.18. The summed E-state index contributed by atoms with van der Waals surface area (Å²) in [6, 6.07) is 18.0. The fourth-order valence-electron chi connectivity index (χ4n) is 3.83. The first-order valence-corrected chi connectivity index (χ1v) is 10.0. The zero-order valence-corrected chi connectivity index (χ0v) is 17.3. The second-order valence-electron chi connectivity index (χ2n) is 7.34. The molecule has 1 heterocycles. The van der Waals surface area contributed by atoms with E-state index in [0.717, 1.165) is 27.5 Å². The highest BCUT2D eigenvalue weighted by Gasteiger charge is 2.14. The second kappa shape index (κ2) is 7.67. The lowest BCUT2D eigenvalue weighted by Gasteiger charge is -2.16. The lowest BCUT2D eigenvalue weighted by atomic mass is 10.1. The van der Waals surface area contributed by atoms with Gasteiger partial charge in [-0.1, -0.05) is 29.3 Å². The molecule has 0 radical (unpaired) electrons. The molecule has 5 heteroatoms. The van der Waals surface area contributed by atoms with E-state index in [1.165, 1.54) is 11.1 Å². The normalized spacial score (nSPS) is 12.6. The highest BCUT2D eigenvalue weighted by molar-refractivity contribution is 6.33. The van der Waals surface area contributed by atoms with Gasteiger partial charge in [0.2, 0.25) is 0 Å². The van der Waals surface area contributed by atoms with Crippen LogP contribution < -0.4 is 5.32 Å². The molecule has 144 valence electrons. The van der Waals surface area contributed by atoms with E-state index in [0.29, 0.717) is 23.1 Å². The van der Waals surface area contributed by atoms with Crippen LogP contribution in [0.25, 0.3) is 21.8 Å². The number of hydrogen-bond donors (Lipinski definition) is 2. The highest BCUT2D eigenvalue weighted by atomic mass is 35.5. The van der Waals surface area contributed by atoms with Gasteiger partial charge < -0.3 is 15.0 Å². The number of halogens is 2. The van der Waals surface area contributed by atoms with Crippen molar-refractivity contribution in [3.05, 3.63) is 75.8 Å². The third-order valence-corrected chi connectivity index (χ3v) is 5.42. The molecule has 0 amide bonds. The van der Waals surface area contributed by atoms with E-state index in [2.05, 4.69) is 41.9 Å². The van der Waals surface area contributed by atoms with Crippen molar-refractivity contribution in [1.29, 1.82) is 0 Å².